The van der Waals surface area contributed by atoms with E-state index in [1.165, 1.54) is 0 Å². The van der Waals surface area contributed by atoms with Crippen LogP contribution in [0.1, 0.15) is 27.2 Å². The Morgan fingerprint density at radius 3 is 2.42 bits per heavy atom. The second-order valence-corrected chi connectivity index (χ2v) is 3.54. The van der Waals surface area contributed by atoms with Crippen LogP contribution in [-0.4, -0.2) is 23.8 Å². The highest BCUT2D eigenvalue weighted by Gasteiger charge is 2.07. The predicted molar refractivity (Wildman–Crippen MR) is 48.5 cm³/mol. The summed E-state index contributed by atoms with van der Waals surface area (Å²) in [5.74, 6) is 0.499. The Morgan fingerprint density at radius 2 is 2.00 bits per heavy atom. The number of nitrogens with zero attached hydrogens (tertiary/aromatic N) is 1. The summed E-state index contributed by atoms with van der Waals surface area (Å²) >= 11 is 0. The van der Waals surface area contributed by atoms with E-state index in [1.807, 2.05) is 0 Å². The normalized spacial score (nSPS) is 15.7. The lowest BCUT2D eigenvalue weighted by Crippen LogP contribution is -2.33. The lowest BCUT2D eigenvalue weighted by Gasteiger charge is -2.14. The minimum absolute atomic E-state index is 0.174. The monoisotopic (exact) mass is 170 g/mol. The van der Waals surface area contributed by atoms with Crippen molar-refractivity contribution in [1.29, 1.82) is 5.26 Å². The molecule has 0 aliphatic carbocycles. The Bertz CT molecular complexity index is 151. The van der Waals surface area contributed by atoms with Gasteiger partial charge < -0.3 is 5.11 Å². The van der Waals surface area contributed by atoms with E-state index in [0.29, 0.717) is 12.5 Å². The van der Waals surface area contributed by atoms with Gasteiger partial charge in [-0.15, -0.1) is 0 Å². The van der Waals surface area contributed by atoms with Crippen LogP contribution in [0.25, 0.3) is 0 Å². The van der Waals surface area contributed by atoms with Crippen molar-refractivity contribution < 1.29 is 5.11 Å². The van der Waals surface area contributed by atoms with Crippen molar-refractivity contribution in [3.8, 4) is 6.07 Å². The number of hydrogen-bond acceptors (Lipinski definition) is 3. The fourth-order valence-electron chi connectivity index (χ4n) is 0.986. The summed E-state index contributed by atoms with van der Waals surface area (Å²) in [4.78, 5) is 0. The second-order valence-electron chi connectivity index (χ2n) is 3.54. The predicted octanol–water partition coefficient (Wildman–Crippen LogP) is 0.895. The number of aliphatic hydroxyl groups excluding tert-OH is 1. The smallest absolute Gasteiger partial charge is 0.0925 e. The molecule has 0 saturated heterocycles. The molecular weight excluding hydrogens is 152 g/mol. The van der Waals surface area contributed by atoms with Gasteiger partial charge in [0.2, 0.25) is 0 Å². The molecule has 2 N–H and O–H groups in total. The van der Waals surface area contributed by atoms with Crippen molar-refractivity contribution in [3.63, 3.8) is 0 Å². The fourth-order valence-corrected chi connectivity index (χ4v) is 0.986. The Kier molecular flexibility index (Phi) is 5.69. The first-order chi connectivity index (χ1) is 5.56. The molecule has 0 amide bonds. The van der Waals surface area contributed by atoms with Gasteiger partial charge in [-0.2, -0.15) is 5.26 Å². The summed E-state index contributed by atoms with van der Waals surface area (Å²) < 4.78 is 0. The van der Waals surface area contributed by atoms with Crippen LogP contribution in [0, 0.1) is 17.2 Å². The Balaban J connectivity index is 3.45. The molecule has 0 rings (SSSR count). The average molecular weight is 170 g/mol. The average Bonchev–Trinajstić information content (AvgIpc) is 1.99. The molecule has 12 heavy (non-hydrogen) atoms. The van der Waals surface area contributed by atoms with Gasteiger partial charge in [0.05, 0.1) is 18.2 Å². The molecule has 0 saturated carbocycles. The maximum absolute atomic E-state index is 9.39. The number of nitriles is 1. The Hall–Kier alpha value is -0.590. The quantitative estimate of drug-likeness (QED) is 0.644. The van der Waals surface area contributed by atoms with Crippen LogP contribution in [0.4, 0.5) is 0 Å². The van der Waals surface area contributed by atoms with Crippen molar-refractivity contribution >= 4 is 0 Å². The maximum atomic E-state index is 9.39. The fraction of sp³-hybridized carbons (Fsp3) is 0.889. The third-order valence-corrected chi connectivity index (χ3v) is 1.60. The van der Waals surface area contributed by atoms with Crippen molar-refractivity contribution in [3.05, 3.63) is 0 Å². The molecule has 0 spiro atoms. The first-order valence-electron chi connectivity index (χ1n) is 4.37. The third kappa shape index (κ3) is 6.14. The molecule has 0 aliphatic heterocycles. The van der Waals surface area contributed by atoms with Gasteiger partial charge in [0.25, 0.3) is 0 Å². The molecule has 0 heterocycles. The Labute approximate surface area is 74.4 Å². The first-order valence-corrected chi connectivity index (χ1v) is 4.37. The number of hydrogen-bond donors (Lipinski definition) is 2. The highest BCUT2D eigenvalue weighted by Crippen LogP contribution is 2.03. The summed E-state index contributed by atoms with van der Waals surface area (Å²) in [7, 11) is 0. The van der Waals surface area contributed by atoms with Gasteiger partial charge in [0, 0.05) is 6.54 Å². The van der Waals surface area contributed by atoms with E-state index >= 15 is 0 Å². The van der Waals surface area contributed by atoms with Gasteiger partial charge >= 0.3 is 0 Å². The van der Waals surface area contributed by atoms with E-state index in [0.717, 1.165) is 6.42 Å². The van der Waals surface area contributed by atoms with E-state index < -0.39 is 0 Å². The highest BCUT2D eigenvalue weighted by molar-refractivity contribution is 4.85. The van der Waals surface area contributed by atoms with Crippen LogP contribution in [0.2, 0.25) is 0 Å². The third-order valence-electron chi connectivity index (χ3n) is 1.60. The van der Waals surface area contributed by atoms with Gasteiger partial charge in [0.15, 0.2) is 0 Å². The summed E-state index contributed by atoms with van der Waals surface area (Å²) in [6.45, 7) is 6.42. The molecule has 3 nitrogen and oxygen atoms in total. The summed E-state index contributed by atoms with van der Waals surface area (Å²) in [5, 5.41) is 20.8. The highest BCUT2D eigenvalue weighted by atomic mass is 16.3. The molecule has 0 aromatic rings. The van der Waals surface area contributed by atoms with Gasteiger partial charge in [-0.1, -0.05) is 13.8 Å². The van der Waals surface area contributed by atoms with E-state index in [-0.39, 0.29) is 12.1 Å². The van der Waals surface area contributed by atoms with Crippen LogP contribution in [0.15, 0.2) is 0 Å². The van der Waals surface area contributed by atoms with E-state index in [2.05, 4.69) is 25.2 Å². The van der Waals surface area contributed by atoms with Crippen LogP contribution < -0.4 is 5.32 Å². The maximum Gasteiger partial charge on any atom is 0.0925 e. The zero-order valence-electron chi connectivity index (χ0n) is 8.04. The van der Waals surface area contributed by atoms with Gasteiger partial charge in [-0.25, -0.2) is 0 Å². The molecule has 2 atom stereocenters. The van der Waals surface area contributed by atoms with Crippen LogP contribution >= 0.6 is 0 Å². The minimum atomic E-state index is -0.333. The van der Waals surface area contributed by atoms with Gasteiger partial charge in [-0.3, -0.25) is 5.32 Å². The molecule has 2 unspecified atom stereocenters. The van der Waals surface area contributed by atoms with Crippen LogP contribution in [-0.2, 0) is 0 Å². The summed E-state index contributed by atoms with van der Waals surface area (Å²) in [6.07, 6.45) is 0.450. The summed E-state index contributed by atoms with van der Waals surface area (Å²) in [6, 6.07) is 1.88. The Morgan fingerprint density at radius 1 is 1.42 bits per heavy atom. The molecule has 0 fully saturated rings. The van der Waals surface area contributed by atoms with E-state index in [9.17, 15) is 5.11 Å². The standard InChI is InChI=1S/C9H18N2O/c1-7(2)4-9(12)6-11-8(3)5-10/h7-9,11-12H,4,6H2,1-3H3. The van der Waals surface area contributed by atoms with Gasteiger partial charge in [-0.05, 0) is 19.3 Å². The number of rotatable bonds is 5. The van der Waals surface area contributed by atoms with Crippen LogP contribution in [0.3, 0.4) is 0 Å². The van der Waals surface area contributed by atoms with Crippen LogP contribution in [0.5, 0.6) is 0 Å². The molecule has 0 aromatic heterocycles. The molecule has 70 valence electrons. The largest absolute Gasteiger partial charge is 0.392 e. The topological polar surface area (TPSA) is 56.0 Å². The number of aliphatic hydroxyl groups is 1. The number of nitrogens with one attached hydrogen (secondary N) is 1. The minimum Gasteiger partial charge on any atom is -0.392 e. The molecular formula is C9H18N2O. The SMILES string of the molecule is CC(C)CC(O)CNC(C)C#N. The molecule has 0 bridgehead atoms. The van der Waals surface area contributed by atoms with E-state index in [4.69, 9.17) is 5.26 Å². The molecule has 0 aliphatic rings. The lowest BCUT2D eigenvalue weighted by atomic mass is 10.1. The zero-order valence-corrected chi connectivity index (χ0v) is 8.04. The molecule has 0 aromatic carbocycles. The van der Waals surface area contributed by atoms with Crippen molar-refractivity contribution in [2.75, 3.05) is 6.54 Å². The van der Waals surface area contributed by atoms with Crippen molar-refractivity contribution in [2.24, 2.45) is 5.92 Å². The van der Waals surface area contributed by atoms with Crippen molar-refractivity contribution in [2.45, 2.75) is 39.3 Å². The lowest BCUT2D eigenvalue weighted by molar-refractivity contribution is 0.145. The van der Waals surface area contributed by atoms with E-state index in [1.54, 1.807) is 6.92 Å². The first kappa shape index (κ1) is 11.4. The molecule has 3 heteroatoms. The summed E-state index contributed by atoms with van der Waals surface area (Å²) in [5.41, 5.74) is 0. The van der Waals surface area contributed by atoms with Gasteiger partial charge in [0.1, 0.15) is 0 Å². The molecule has 0 radical (unpaired) electrons. The second kappa shape index (κ2) is 5.99. The zero-order chi connectivity index (χ0) is 9.56. The van der Waals surface area contributed by atoms with Crippen molar-refractivity contribution in [1.82, 2.24) is 5.32 Å².